The fourth-order valence-electron chi connectivity index (χ4n) is 4.07. The van der Waals surface area contributed by atoms with E-state index < -0.39 is 0 Å². The molecule has 0 aliphatic rings. The van der Waals surface area contributed by atoms with Crippen LogP contribution in [0.1, 0.15) is 57.5 Å². The van der Waals surface area contributed by atoms with Crippen LogP contribution in [0.25, 0.3) is 11.3 Å². The summed E-state index contributed by atoms with van der Waals surface area (Å²) in [5.41, 5.74) is 4.22. The number of nitrogens with one attached hydrogen (secondary N) is 2. The fraction of sp³-hybridized carbons (Fsp3) is 0.429. The van der Waals surface area contributed by atoms with Crippen molar-refractivity contribution in [2.24, 2.45) is 0 Å². The third kappa shape index (κ3) is 7.11. The number of carbonyl (C=O) groups excluding carboxylic acids is 1. The van der Waals surface area contributed by atoms with Gasteiger partial charge in [0.05, 0.1) is 18.0 Å². The predicted molar refractivity (Wildman–Crippen MR) is 139 cm³/mol. The van der Waals surface area contributed by atoms with Gasteiger partial charge in [-0.1, -0.05) is 75.6 Å². The number of urea groups is 1. The third-order valence-electron chi connectivity index (χ3n) is 5.78. The maximum atomic E-state index is 12.2. The van der Waals surface area contributed by atoms with Crippen molar-refractivity contribution in [3.05, 3.63) is 66.1 Å². The van der Waals surface area contributed by atoms with Crippen LogP contribution in [-0.4, -0.2) is 28.7 Å². The number of carbonyl (C=O) groups is 1. The molecule has 0 radical (unpaired) electrons. The van der Waals surface area contributed by atoms with Crippen molar-refractivity contribution in [2.45, 2.75) is 65.8 Å². The summed E-state index contributed by atoms with van der Waals surface area (Å²) in [4.78, 5) is 17.1. The quantitative estimate of drug-likeness (QED) is 0.282. The number of hydrogen-bond acceptors (Lipinski definition) is 3. The van der Waals surface area contributed by atoms with E-state index >= 15 is 0 Å². The van der Waals surface area contributed by atoms with E-state index in [-0.39, 0.29) is 6.03 Å². The van der Waals surface area contributed by atoms with Gasteiger partial charge in [0.25, 0.3) is 0 Å². The molecule has 2 amide bonds. The number of nitrogens with zero attached hydrogens (tertiary/aromatic N) is 2. The molecule has 0 atom stereocenters. The second-order valence-electron chi connectivity index (χ2n) is 8.51. The number of anilines is 1. The highest BCUT2D eigenvalue weighted by molar-refractivity contribution is 5.90. The molecule has 6 nitrogen and oxygen atoms in total. The first-order chi connectivity index (χ1) is 16.6. The minimum absolute atomic E-state index is 0.196. The van der Waals surface area contributed by atoms with Gasteiger partial charge >= 0.3 is 6.03 Å². The molecule has 0 saturated heterocycles. The van der Waals surface area contributed by atoms with Crippen LogP contribution in [0.4, 0.5) is 10.5 Å². The van der Waals surface area contributed by atoms with Gasteiger partial charge in [-0.2, -0.15) is 0 Å². The number of rotatable bonds is 13. The summed E-state index contributed by atoms with van der Waals surface area (Å²) < 4.78 is 8.38. The number of hydrogen-bond donors (Lipinski definition) is 2. The van der Waals surface area contributed by atoms with E-state index in [4.69, 9.17) is 9.72 Å². The minimum Gasteiger partial charge on any atom is -0.491 e. The van der Waals surface area contributed by atoms with Crippen molar-refractivity contribution < 1.29 is 9.53 Å². The van der Waals surface area contributed by atoms with Crippen molar-refractivity contribution in [1.82, 2.24) is 14.9 Å². The Bertz CT molecular complexity index is 1030. The molecule has 0 bridgehead atoms. The van der Waals surface area contributed by atoms with Gasteiger partial charge in [-0.25, -0.2) is 9.78 Å². The van der Waals surface area contributed by atoms with E-state index in [0.29, 0.717) is 24.6 Å². The second kappa shape index (κ2) is 13.4. The topological polar surface area (TPSA) is 68.2 Å². The lowest BCUT2D eigenvalue weighted by Crippen LogP contribution is -2.29. The molecule has 0 aliphatic heterocycles. The normalized spacial score (nSPS) is 10.8. The summed E-state index contributed by atoms with van der Waals surface area (Å²) in [6.07, 6.45) is 6.14. The standard InChI is InChI=1S/C28H38N4O2/c1-4-6-12-19-29-28(33)31-24-17-10-11-18-26(24)34-21-13-20-32-22(3)30-27(25(32)14-5-2)23-15-8-7-9-16-23/h7-11,15-18H,4-6,12-14,19-21H2,1-3H3,(H2,29,31,33). The fourth-order valence-corrected chi connectivity index (χ4v) is 4.07. The van der Waals surface area contributed by atoms with Gasteiger partial charge in [0, 0.05) is 24.3 Å². The highest BCUT2D eigenvalue weighted by atomic mass is 16.5. The molecule has 1 heterocycles. The molecule has 0 aliphatic carbocycles. The van der Waals surface area contributed by atoms with Crippen LogP contribution >= 0.6 is 0 Å². The smallest absolute Gasteiger partial charge is 0.319 e. The van der Waals surface area contributed by atoms with Crippen molar-refractivity contribution in [3.63, 3.8) is 0 Å². The van der Waals surface area contributed by atoms with Gasteiger partial charge < -0.3 is 19.9 Å². The summed E-state index contributed by atoms with van der Waals surface area (Å²) in [5, 5.41) is 5.82. The number of aryl methyl sites for hydroxylation is 1. The average molecular weight is 463 g/mol. The lowest BCUT2D eigenvalue weighted by molar-refractivity contribution is 0.251. The van der Waals surface area contributed by atoms with E-state index in [1.807, 2.05) is 30.3 Å². The Morgan fingerprint density at radius 2 is 1.74 bits per heavy atom. The van der Waals surface area contributed by atoms with Crippen molar-refractivity contribution in [3.8, 4) is 17.0 Å². The van der Waals surface area contributed by atoms with Crippen molar-refractivity contribution >= 4 is 11.7 Å². The number of para-hydroxylation sites is 2. The van der Waals surface area contributed by atoms with Crippen molar-refractivity contribution in [1.29, 1.82) is 0 Å². The monoisotopic (exact) mass is 462 g/mol. The van der Waals surface area contributed by atoms with Crippen LogP contribution in [0, 0.1) is 6.92 Å². The second-order valence-corrected chi connectivity index (χ2v) is 8.51. The Morgan fingerprint density at radius 1 is 0.971 bits per heavy atom. The van der Waals surface area contributed by atoms with Crippen LogP contribution in [-0.2, 0) is 13.0 Å². The molecule has 0 spiro atoms. The number of ether oxygens (including phenoxy) is 1. The molecular formula is C28H38N4O2. The molecule has 1 aromatic heterocycles. The highest BCUT2D eigenvalue weighted by Gasteiger charge is 2.15. The summed E-state index contributed by atoms with van der Waals surface area (Å²) in [7, 11) is 0. The van der Waals surface area contributed by atoms with Gasteiger partial charge in [-0.15, -0.1) is 0 Å². The maximum Gasteiger partial charge on any atom is 0.319 e. The Balaban J connectivity index is 1.58. The Kier molecular flexibility index (Phi) is 10.0. The SMILES string of the molecule is CCCCCNC(=O)Nc1ccccc1OCCCn1c(C)nc(-c2ccccc2)c1CCC. The minimum atomic E-state index is -0.196. The number of unbranched alkanes of at least 4 members (excludes halogenated alkanes) is 2. The van der Waals surface area contributed by atoms with Gasteiger partial charge in [-0.3, -0.25) is 0 Å². The van der Waals surface area contributed by atoms with Gasteiger partial charge in [0.1, 0.15) is 11.6 Å². The first-order valence-electron chi connectivity index (χ1n) is 12.5. The number of aromatic nitrogens is 2. The van der Waals surface area contributed by atoms with E-state index in [1.165, 1.54) is 5.69 Å². The van der Waals surface area contributed by atoms with Crippen LogP contribution in [0.3, 0.4) is 0 Å². The zero-order chi connectivity index (χ0) is 24.2. The predicted octanol–water partition coefficient (Wildman–Crippen LogP) is 6.59. The zero-order valence-electron chi connectivity index (χ0n) is 20.8. The van der Waals surface area contributed by atoms with E-state index in [1.54, 1.807) is 0 Å². The number of benzene rings is 2. The van der Waals surface area contributed by atoms with Gasteiger partial charge in [0.15, 0.2) is 0 Å². The number of amides is 2. The Morgan fingerprint density at radius 3 is 2.50 bits per heavy atom. The maximum absolute atomic E-state index is 12.2. The third-order valence-corrected chi connectivity index (χ3v) is 5.78. The molecule has 0 unspecified atom stereocenters. The first-order valence-corrected chi connectivity index (χ1v) is 12.5. The first kappa shape index (κ1) is 25.3. The molecule has 6 heteroatoms. The molecule has 3 rings (SSSR count). The van der Waals surface area contributed by atoms with Gasteiger partial charge in [0.2, 0.25) is 0 Å². The summed E-state index contributed by atoms with van der Waals surface area (Å²) in [6.45, 7) is 8.50. The van der Waals surface area contributed by atoms with E-state index in [9.17, 15) is 4.79 Å². The number of imidazole rings is 1. The lowest BCUT2D eigenvalue weighted by Gasteiger charge is -2.14. The molecule has 34 heavy (non-hydrogen) atoms. The summed E-state index contributed by atoms with van der Waals surface area (Å²) in [5.74, 6) is 1.72. The van der Waals surface area contributed by atoms with Crippen LogP contribution in [0.15, 0.2) is 54.6 Å². The molecular weight excluding hydrogens is 424 g/mol. The van der Waals surface area contributed by atoms with Crippen LogP contribution in [0.2, 0.25) is 0 Å². The van der Waals surface area contributed by atoms with Crippen molar-refractivity contribution in [2.75, 3.05) is 18.5 Å². The summed E-state index contributed by atoms with van der Waals surface area (Å²) >= 11 is 0. The molecule has 182 valence electrons. The largest absolute Gasteiger partial charge is 0.491 e. The van der Waals surface area contributed by atoms with E-state index in [0.717, 1.165) is 62.2 Å². The lowest BCUT2D eigenvalue weighted by atomic mass is 10.1. The molecule has 3 aromatic rings. The average Bonchev–Trinajstić information content (AvgIpc) is 3.16. The summed E-state index contributed by atoms with van der Waals surface area (Å²) in [6, 6.07) is 17.8. The molecule has 2 N–H and O–H groups in total. The highest BCUT2D eigenvalue weighted by Crippen LogP contribution is 2.26. The van der Waals surface area contributed by atoms with Crippen LogP contribution in [0.5, 0.6) is 5.75 Å². The molecule has 0 saturated carbocycles. The van der Waals surface area contributed by atoms with E-state index in [2.05, 4.69) is 60.2 Å². The Hall–Kier alpha value is -3.28. The zero-order valence-corrected chi connectivity index (χ0v) is 20.8. The Labute approximate surface area is 203 Å². The van der Waals surface area contributed by atoms with Crippen LogP contribution < -0.4 is 15.4 Å². The molecule has 2 aromatic carbocycles. The molecule has 0 fully saturated rings. The van der Waals surface area contributed by atoms with Gasteiger partial charge in [-0.05, 0) is 38.3 Å².